The second-order valence-electron chi connectivity index (χ2n) is 3.34. The van der Waals surface area contributed by atoms with E-state index in [1.165, 1.54) is 0 Å². The highest BCUT2D eigenvalue weighted by Crippen LogP contribution is 2.28. The number of anilines is 2. The summed E-state index contributed by atoms with van der Waals surface area (Å²) in [5, 5.41) is 4.30. The van der Waals surface area contributed by atoms with Crippen LogP contribution in [0.1, 0.15) is 0 Å². The van der Waals surface area contributed by atoms with Crippen LogP contribution in [0.4, 0.5) is 11.5 Å². The van der Waals surface area contributed by atoms with Crippen LogP contribution in [0.15, 0.2) is 36.5 Å². The first-order chi connectivity index (χ1) is 8.19. The lowest BCUT2D eigenvalue weighted by Gasteiger charge is -2.08. The first kappa shape index (κ1) is 12.0. The van der Waals surface area contributed by atoms with Gasteiger partial charge in [-0.15, -0.1) is 0 Å². The molecule has 0 radical (unpaired) electrons. The maximum Gasteiger partial charge on any atom is 0.139 e. The minimum atomic E-state index is 0.571. The number of nitrogens with one attached hydrogen (secondary N) is 1. The van der Waals surface area contributed by atoms with E-state index < -0.39 is 0 Å². The third kappa shape index (κ3) is 3.02. The summed E-state index contributed by atoms with van der Waals surface area (Å²) >= 11 is 11.7. The van der Waals surface area contributed by atoms with Crippen LogP contribution in [0.2, 0.25) is 10.0 Å². The van der Waals surface area contributed by atoms with Gasteiger partial charge < -0.3 is 10.1 Å². The van der Waals surface area contributed by atoms with Crippen LogP contribution in [0.3, 0.4) is 0 Å². The van der Waals surface area contributed by atoms with Gasteiger partial charge in [-0.05, 0) is 24.3 Å². The van der Waals surface area contributed by atoms with Crippen molar-refractivity contribution in [2.24, 2.45) is 0 Å². The first-order valence-corrected chi connectivity index (χ1v) is 5.67. The summed E-state index contributed by atoms with van der Waals surface area (Å²) in [6, 6.07) is 8.98. The predicted octanol–water partition coefficient (Wildman–Crippen LogP) is 4.14. The molecular formula is C12H10Cl2N2O. The molecule has 0 atom stereocenters. The van der Waals surface area contributed by atoms with Crippen molar-refractivity contribution in [2.45, 2.75) is 0 Å². The summed E-state index contributed by atoms with van der Waals surface area (Å²) in [5.41, 5.74) is 0.848. The van der Waals surface area contributed by atoms with Crippen molar-refractivity contribution in [1.29, 1.82) is 0 Å². The van der Waals surface area contributed by atoms with Gasteiger partial charge in [0.05, 0.1) is 17.2 Å². The molecule has 2 aromatic rings. The molecule has 0 unspecified atom stereocenters. The van der Waals surface area contributed by atoms with Crippen molar-refractivity contribution in [3.8, 4) is 5.75 Å². The number of hydrogen-bond donors (Lipinski definition) is 1. The third-order valence-electron chi connectivity index (χ3n) is 2.15. The minimum Gasteiger partial charge on any atom is -0.495 e. The quantitative estimate of drug-likeness (QED) is 0.909. The van der Waals surface area contributed by atoms with Gasteiger partial charge in [-0.2, -0.15) is 0 Å². The smallest absolute Gasteiger partial charge is 0.139 e. The van der Waals surface area contributed by atoms with Crippen molar-refractivity contribution < 1.29 is 4.74 Å². The highest BCUT2D eigenvalue weighted by molar-refractivity contribution is 6.32. The molecule has 0 aliphatic carbocycles. The largest absolute Gasteiger partial charge is 0.495 e. The molecule has 0 spiro atoms. The molecule has 1 N–H and O–H groups in total. The van der Waals surface area contributed by atoms with Gasteiger partial charge >= 0.3 is 0 Å². The van der Waals surface area contributed by atoms with Crippen molar-refractivity contribution in [3.05, 3.63) is 46.6 Å². The Labute approximate surface area is 109 Å². The van der Waals surface area contributed by atoms with Crippen molar-refractivity contribution >= 4 is 34.7 Å². The van der Waals surface area contributed by atoms with Crippen molar-refractivity contribution in [3.63, 3.8) is 0 Å². The Balaban J connectivity index is 2.21. The number of halogens is 2. The molecule has 0 fully saturated rings. The fourth-order valence-corrected chi connectivity index (χ4v) is 1.64. The van der Waals surface area contributed by atoms with Gasteiger partial charge in [0.1, 0.15) is 11.6 Å². The Bertz CT molecular complexity index is 514. The number of hydrogen-bond acceptors (Lipinski definition) is 3. The summed E-state index contributed by atoms with van der Waals surface area (Å²) < 4.78 is 5.13. The molecule has 0 bridgehead atoms. The van der Waals surface area contributed by atoms with Crippen molar-refractivity contribution in [1.82, 2.24) is 4.98 Å². The highest BCUT2D eigenvalue weighted by atomic mass is 35.5. The van der Waals surface area contributed by atoms with Crippen LogP contribution < -0.4 is 10.1 Å². The normalized spacial score (nSPS) is 10.1. The predicted molar refractivity (Wildman–Crippen MR) is 70.5 cm³/mol. The standard InChI is InChI=1S/C12H10Cl2N2O/c1-17-11-6-9(3-4-10(11)14)16-12-5-2-8(13)7-15-12/h2-7H,1H3,(H,15,16). The van der Waals surface area contributed by atoms with E-state index in [-0.39, 0.29) is 0 Å². The molecule has 1 heterocycles. The van der Waals surface area contributed by atoms with Crippen LogP contribution >= 0.6 is 23.2 Å². The van der Waals surface area contributed by atoms with E-state index in [4.69, 9.17) is 27.9 Å². The second kappa shape index (κ2) is 5.25. The number of rotatable bonds is 3. The third-order valence-corrected chi connectivity index (χ3v) is 2.69. The Hall–Kier alpha value is -1.45. The van der Waals surface area contributed by atoms with Crippen LogP contribution in [0, 0.1) is 0 Å². The Morgan fingerprint density at radius 1 is 1.18 bits per heavy atom. The van der Waals surface area contributed by atoms with Crippen LogP contribution in [-0.4, -0.2) is 12.1 Å². The van der Waals surface area contributed by atoms with E-state index in [1.807, 2.05) is 6.07 Å². The molecule has 3 nitrogen and oxygen atoms in total. The van der Waals surface area contributed by atoms with E-state index in [0.29, 0.717) is 21.6 Å². The summed E-state index contributed by atoms with van der Waals surface area (Å²) in [6.07, 6.45) is 1.58. The number of benzene rings is 1. The Kier molecular flexibility index (Phi) is 3.71. The lowest BCUT2D eigenvalue weighted by atomic mass is 10.3. The van der Waals surface area contributed by atoms with Gasteiger partial charge in [0.15, 0.2) is 0 Å². The zero-order chi connectivity index (χ0) is 12.3. The van der Waals surface area contributed by atoms with Gasteiger partial charge in [0.2, 0.25) is 0 Å². The first-order valence-electron chi connectivity index (χ1n) is 4.91. The molecule has 0 saturated heterocycles. The molecule has 2 rings (SSSR count). The summed E-state index contributed by atoms with van der Waals surface area (Å²) in [5.74, 6) is 1.32. The average molecular weight is 269 g/mol. The lowest BCUT2D eigenvalue weighted by Crippen LogP contribution is -1.93. The van der Waals surface area contributed by atoms with E-state index in [2.05, 4.69) is 10.3 Å². The maximum atomic E-state index is 5.93. The Morgan fingerprint density at radius 3 is 2.65 bits per heavy atom. The molecule has 1 aromatic heterocycles. The summed E-state index contributed by atoms with van der Waals surface area (Å²) in [6.45, 7) is 0. The molecule has 5 heteroatoms. The van der Waals surface area contributed by atoms with Crippen LogP contribution in [-0.2, 0) is 0 Å². The summed E-state index contributed by atoms with van der Waals surface area (Å²) in [7, 11) is 1.57. The zero-order valence-electron chi connectivity index (χ0n) is 9.08. The fourth-order valence-electron chi connectivity index (χ4n) is 1.34. The average Bonchev–Trinajstić information content (AvgIpc) is 2.34. The molecule has 88 valence electrons. The monoisotopic (exact) mass is 268 g/mol. The van der Waals surface area contributed by atoms with Crippen LogP contribution in [0.25, 0.3) is 0 Å². The van der Waals surface area contributed by atoms with Gasteiger partial charge in [-0.25, -0.2) is 4.98 Å². The van der Waals surface area contributed by atoms with Gasteiger partial charge in [-0.3, -0.25) is 0 Å². The van der Waals surface area contributed by atoms with E-state index in [1.54, 1.807) is 37.6 Å². The second-order valence-corrected chi connectivity index (χ2v) is 4.18. The van der Waals surface area contributed by atoms with E-state index in [9.17, 15) is 0 Å². The molecule has 0 aliphatic rings. The molecule has 0 saturated carbocycles. The number of nitrogens with zero attached hydrogens (tertiary/aromatic N) is 1. The molecule has 1 aromatic carbocycles. The zero-order valence-corrected chi connectivity index (χ0v) is 10.6. The minimum absolute atomic E-state index is 0.571. The molecule has 0 amide bonds. The van der Waals surface area contributed by atoms with Gasteiger partial charge in [-0.1, -0.05) is 23.2 Å². The van der Waals surface area contributed by atoms with E-state index >= 15 is 0 Å². The van der Waals surface area contributed by atoms with Crippen LogP contribution in [0.5, 0.6) is 5.75 Å². The van der Waals surface area contributed by atoms with Crippen molar-refractivity contribution in [2.75, 3.05) is 12.4 Å². The number of aromatic nitrogens is 1. The fraction of sp³-hybridized carbons (Fsp3) is 0.0833. The topological polar surface area (TPSA) is 34.1 Å². The summed E-state index contributed by atoms with van der Waals surface area (Å²) in [4.78, 5) is 4.13. The number of ether oxygens (including phenoxy) is 1. The van der Waals surface area contributed by atoms with Gasteiger partial charge in [0, 0.05) is 18.0 Å². The molecular weight excluding hydrogens is 259 g/mol. The molecule has 0 aliphatic heterocycles. The van der Waals surface area contributed by atoms with E-state index in [0.717, 1.165) is 5.69 Å². The maximum absolute atomic E-state index is 5.93. The highest BCUT2D eigenvalue weighted by Gasteiger charge is 2.02. The molecule has 17 heavy (non-hydrogen) atoms. The number of pyridine rings is 1. The SMILES string of the molecule is COc1cc(Nc2ccc(Cl)cn2)ccc1Cl. The van der Waals surface area contributed by atoms with Gasteiger partial charge in [0.25, 0.3) is 0 Å². The lowest BCUT2D eigenvalue weighted by molar-refractivity contribution is 0.415. The Morgan fingerprint density at radius 2 is 2.00 bits per heavy atom. The number of methoxy groups -OCH3 is 1.